The highest BCUT2D eigenvalue weighted by atomic mass is 16.5. The van der Waals surface area contributed by atoms with E-state index in [0.717, 1.165) is 40.2 Å². The maximum absolute atomic E-state index is 10.8. The van der Waals surface area contributed by atoms with Crippen molar-refractivity contribution in [3.8, 4) is 17.2 Å². The Kier molecular flexibility index (Phi) is 14.6. The summed E-state index contributed by atoms with van der Waals surface area (Å²) in [5, 5.41) is 25.5. The normalized spacial score (nSPS) is 12.5. The van der Waals surface area contributed by atoms with Gasteiger partial charge in [-0.25, -0.2) is 4.79 Å². The summed E-state index contributed by atoms with van der Waals surface area (Å²) < 4.78 is 16.7. The molecule has 0 saturated heterocycles. The molecule has 1 amide bonds. The first-order valence-electron chi connectivity index (χ1n) is 15.1. The third-order valence-electron chi connectivity index (χ3n) is 7.12. The van der Waals surface area contributed by atoms with Gasteiger partial charge in [0.05, 0.1) is 20.3 Å². The Hall–Kier alpha value is -4.86. The highest BCUT2D eigenvalue weighted by molar-refractivity contribution is 5.82. The minimum Gasteiger partial charge on any atom is -0.493 e. The van der Waals surface area contributed by atoms with Crippen LogP contribution in [0.1, 0.15) is 42.2 Å². The predicted octanol–water partition coefficient (Wildman–Crippen LogP) is 5.36. The summed E-state index contributed by atoms with van der Waals surface area (Å²) in [6.07, 6.45) is 0.439. The van der Waals surface area contributed by atoms with E-state index >= 15 is 0 Å². The van der Waals surface area contributed by atoms with Crippen LogP contribution >= 0.6 is 0 Å². The molecule has 0 fully saturated rings. The van der Waals surface area contributed by atoms with Crippen molar-refractivity contribution >= 4 is 11.9 Å². The SMILES string of the molecule is CC(=O)N[C@@H](Cc1ccccc1)C(=O)O.COc1ccc(CC(C)NCC(O)c2ccccc2OCc2ccccc2)cc1OC. The minimum absolute atomic E-state index is 0.171. The maximum Gasteiger partial charge on any atom is 0.326 e. The van der Waals surface area contributed by atoms with E-state index in [1.54, 1.807) is 14.2 Å². The number of carbonyl (C=O) groups is 2. The molecule has 4 rings (SSSR count). The van der Waals surface area contributed by atoms with Gasteiger partial charge < -0.3 is 35.1 Å². The molecule has 0 aliphatic carbocycles. The molecule has 0 aromatic heterocycles. The Morgan fingerprint density at radius 1 is 0.739 bits per heavy atom. The number of aliphatic hydroxyl groups excluding tert-OH is 1. The van der Waals surface area contributed by atoms with Crippen LogP contribution in [0.2, 0.25) is 0 Å². The van der Waals surface area contributed by atoms with E-state index in [1.807, 2.05) is 103 Å². The molecule has 9 nitrogen and oxygen atoms in total. The maximum atomic E-state index is 10.8. The molecule has 0 bridgehead atoms. The molecule has 4 aromatic carbocycles. The fraction of sp³-hybridized carbons (Fsp3) is 0.297. The highest BCUT2D eigenvalue weighted by Crippen LogP contribution is 2.28. The zero-order chi connectivity index (χ0) is 33.3. The van der Waals surface area contributed by atoms with E-state index in [0.29, 0.717) is 25.3 Å². The molecule has 0 aliphatic rings. The summed E-state index contributed by atoms with van der Waals surface area (Å²) in [7, 11) is 3.27. The summed E-state index contributed by atoms with van der Waals surface area (Å²) in [6.45, 7) is 4.30. The zero-order valence-corrected chi connectivity index (χ0v) is 26.8. The summed E-state index contributed by atoms with van der Waals surface area (Å²) in [4.78, 5) is 21.6. The number of hydrogen-bond acceptors (Lipinski definition) is 7. The Bertz CT molecular complexity index is 1500. The van der Waals surface area contributed by atoms with E-state index in [4.69, 9.17) is 19.3 Å². The van der Waals surface area contributed by atoms with Crippen molar-refractivity contribution in [2.24, 2.45) is 0 Å². The smallest absolute Gasteiger partial charge is 0.326 e. The van der Waals surface area contributed by atoms with Gasteiger partial charge in [0, 0.05) is 31.5 Å². The number of aliphatic carboxylic acids is 1. The molecule has 4 N–H and O–H groups in total. The van der Waals surface area contributed by atoms with Crippen molar-refractivity contribution in [2.75, 3.05) is 20.8 Å². The second-order valence-electron chi connectivity index (χ2n) is 10.8. The van der Waals surface area contributed by atoms with Crippen LogP contribution < -0.4 is 24.8 Å². The van der Waals surface area contributed by atoms with Gasteiger partial charge in [-0.05, 0) is 48.2 Å². The largest absolute Gasteiger partial charge is 0.493 e. The van der Waals surface area contributed by atoms with Crippen LogP contribution in [0.15, 0.2) is 103 Å². The fourth-order valence-electron chi connectivity index (χ4n) is 4.77. The molecule has 2 unspecified atom stereocenters. The topological polar surface area (TPSA) is 126 Å². The van der Waals surface area contributed by atoms with Gasteiger partial charge in [-0.15, -0.1) is 0 Å². The average Bonchev–Trinajstić information content (AvgIpc) is 3.07. The molecule has 0 spiro atoms. The second-order valence-corrected chi connectivity index (χ2v) is 10.8. The number of hydrogen-bond donors (Lipinski definition) is 4. The summed E-state index contributed by atoms with van der Waals surface area (Å²) in [5.41, 5.74) is 3.90. The van der Waals surface area contributed by atoms with Crippen molar-refractivity contribution in [2.45, 2.75) is 51.5 Å². The molecule has 0 heterocycles. The lowest BCUT2D eigenvalue weighted by molar-refractivity contribution is -0.141. The average molecular weight is 629 g/mol. The van der Waals surface area contributed by atoms with Crippen molar-refractivity contribution < 1.29 is 34.0 Å². The van der Waals surface area contributed by atoms with Crippen molar-refractivity contribution in [1.82, 2.24) is 10.6 Å². The number of carbonyl (C=O) groups excluding carboxylic acids is 1. The molecule has 46 heavy (non-hydrogen) atoms. The van der Waals surface area contributed by atoms with Gasteiger partial charge in [0.2, 0.25) is 5.91 Å². The number of carboxylic acid groups (broad SMARTS) is 1. The van der Waals surface area contributed by atoms with Gasteiger partial charge in [-0.3, -0.25) is 4.79 Å². The van der Waals surface area contributed by atoms with Gasteiger partial charge >= 0.3 is 5.97 Å². The van der Waals surface area contributed by atoms with Crippen LogP contribution in [0.3, 0.4) is 0 Å². The number of ether oxygens (including phenoxy) is 3. The number of amides is 1. The number of nitrogens with one attached hydrogen (secondary N) is 2. The standard InChI is InChI=1S/C26H31NO4.C11H13NO3/c1-19(15-21-13-14-25(29-2)26(16-21)30-3)27-17-23(28)22-11-7-8-12-24(22)31-18-20-9-5-4-6-10-20;1-8(13)12-10(11(14)15)7-9-5-3-2-4-6-9/h4-14,16,19,23,27-28H,15,17-18H2,1-3H3;2-6,10H,7H2,1H3,(H,12,13)(H,14,15)/t;10-/m.0/s1. The molecule has 3 atom stereocenters. The lowest BCUT2D eigenvalue weighted by atomic mass is 10.0. The van der Waals surface area contributed by atoms with Crippen LogP contribution in [-0.2, 0) is 29.0 Å². The van der Waals surface area contributed by atoms with Crippen LogP contribution in [0.5, 0.6) is 17.2 Å². The van der Waals surface area contributed by atoms with Gasteiger partial charge in [0.25, 0.3) is 0 Å². The molecular weight excluding hydrogens is 584 g/mol. The molecule has 0 saturated carbocycles. The lowest BCUT2D eigenvalue weighted by Crippen LogP contribution is -2.41. The first-order chi connectivity index (χ1) is 22.2. The number of carboxylic acids is 1. The number of methoxy groups -OCH3 is 2. The lowest BCUT2D eigenvalue weighted by Gasteiger charge is -2.20. The number of rotatable bonds is 15. The van der Waals surface area contributed by atoms with Gasteiger partial charge in [0.1, 0.15) is 18.4 Å². The van der Waals surface area contributed by atoms with E-state index in [1.165, 1.54) is 6.92 Å². The summed E-state index contributed by atoms with van der Waals surface area (Å²) in [6, 6.07) is 32.1. The molecule has 244 valence electrons. The summed E-state index contributed by atoms with van der Waals surface area (Å²) >= 11 is 0. The van der Waals surface area contributed by atoms with Gasteiger partial charge in [0.15, 0.2) is 11.5 Å². The van der Waals surface area contributed by atoms with E-state index in [-0.39, 0.29) is 11.9 Å². The van der Waals surface area contributed by atoms with Crippen LogP contribution in [0, 0.1) is 0 Å². The fourth-order valence-corrected chi connectivity index (χ4v) is 4.77. The molecule has 0 aliphatic heterocycles. The molecule has 0 radical (unpaired) electrons. The number of benzene rings is 4. The first kappa shape index (κ1) is 35.6. The molecule has 4 aromatic rings. The predicted molar refractivity (Wildman–Crippen MR) is 178 cm³/mol. The quantitative estimate of drug-likeness (QED) is 0.139. The molecular formula is C37H44N2O7. The number of para-hydroxylation sites is 1. The Balaban J connectivity index is 0.000000322. The van der Waals surface area contributed by atoms with Crippen LogP contribution in [0.25, 0.3) is 0 Å². The van der Waals surface area contributed by atoms with Crippen molar-refractivity contribution in [3.63, 3.8) is 0 Å². The van der Waals surface area contributed by atoms with Gasteiger partial charge in [-0.2, -0.15) is 0 Å². The van der Waals surface area contributed by atoms with E-state index in [2.05, 4.69) is 17.6 Å². The highest BCUT2D eigenvalue weighted by Gasteiger charge is 2.18. The second kappa shape index (κ2) is 18.8. The van der Waals surface area contributed by atoms with E-state index in [9.17, 15) is 14.7 Å². The first-order valence-corrected chi connectivity index (χ1v) is 15.1. The van der Waals surface area contributed by atoms with E-state index < -0.39 is 18.1 Å². The van der Waals surface area contributed by atoms with Gasteiger partial charge in [-0.1, -0.05) is 84.9 Å². The van der Waals surface area contributed by atoms with Crippen LogP contribution in [0.4, 0.5) is 0 Å². The third-order valence-corrected chi connectivity index (χ3v) is 7.12. The summed E-state index contributed by atoms with van der Waals surface area (Å²) in [5.74, 6) is 0.784. The Morgan fingerprint density at radius 3 is 1.96 bits per heavy atom. The Morgan fingerprint density at radius 2 is 1.35 bits per heavy atom. The Labute approximate surface area is 271 Å². The minimum atomic E-state index is -1.02. The number of aliphatic hydroxyl groups is 1. The van der Waals surface area contributed by atoms with Crippen molar-refractivity contribution in [3.05, 3.63) is 125 Å². The van der Waals surface area contributed by atoms with Crippen molar-refractivity contribution in [1.29, 1.82) is 0 Å². The molecule has 9 heteroatoms. The monoisotopic (exact) mass is 628 g/mol. The zero-order valence-electron chi connectivity index (χ0n) is 26.8. The van der Waals surface area contributed by atoms with Crippen LogP contribution in [-0.4, -0.2) is 54.9 Å². The third kappa shape index (κ3) is 11.9.